The van der Waals surface area contributed by atoms with Gasteiger partial charge in [-0.2, -0.15) is 0 Å². The first-order valence-electron chi connectivity index (χ1n) is 5.90. The highest BCUT2D eigenvalue weighted by atomic mass is 79.9. The minimum Gasteiger partial charge on any atom is -0.327 e. The zero-order valence-corrected chi connectivity index (χ0v) is 12.6. The second-order valence-electron chi connectivity index (χ2n) is 4.23. The Kier molecular flexibility index (Phi) is 4.87. The second-order valence-corrected chi connectivity index (χ2v) is 6.30. The van der Waals surface area contributed by atoms with Crippen molar-refractivity contribution in [2.75, 3.05) is 0 Å². The number of rotatable bonds is 4. The first kappa shape index (κ1) is 13.7. The summed E-state index contributed by atoms with van der Waals surface area (Å²) in [6.07, 6.45) is 0. The van der Waals surface area contributed by atoms with Gasteiger partial charge in [-0.05, 0) is 30.7 Å². The molecule has 0 aromatic heterocycles. The van der Waals surface area contributed by atoms with Crippen LogP contribution < -0.4 is 5.73 Å². The molecule has 0 saturated carbocycles. The molecule has 0 aliphatic carbocycles. The minimum absolute atomic E-state index is 0.0916. The maximum Gasteiger partial charge on any atom is 0.0503 e. The summed E-state index contributed by atoms with van der Waals surface area (Å²) in [5.41, 5.74) is 7.39. The molecule has 2 aromatic rings. The van der Waals surface area contributed by atoms with Crippen LogP contribution in [0, 0.1) is 0 Å². The fourth-order valence-electron chi connectivity index (χ4n) is 1.81. The van der Waals surface area contributed by atoms with Gasteiger partial charge in [0.2, 0.25) is 0 Å². The van der Waals surface area contributed by atoms with Gasteiger partial charge in [0.25, 0.3) is 0 Å². The number of hydrogen-bond donors (Lipinski definition) is 1. The highest BCUT2D eigenvalue weighted by molar-refractivity contribution is 9.10. The van der Waals surface area contributed by atoms with Gasteiger partial charge in [0, 0.05) is 15.4 Å². The van der Waals surface area contributed by atoms with Crippen LogP contribution in [0.1, 0.15) is 17.7 Å². The lowest BCUT2D eigenvalue weighted by Gasteiger charge is -2.22. The van der Waals surface area contributed by atoms with E-state index in [1.54, 1.807) is 0 Å². The van der Waals surface area contributed by atoms with E-state index in [4.69, 9.17) is 5.73 Å². The molecule has 94 valence electrons. The minimum atomic E-state index is 0.0916. The van der Waals surface area contributed by atoms with Gasteiger partial charge < -0.3 is 5.73 Å². The quantitative estimate of drug-likeness (QED) is 0.831. The normalized spacial score (nSPS) is 14.2. The number of halogens is 1. The summed E-state index contributed by atoms with van der Waals surface area (Å²) in [4.78, 5) is 1.25. The van der Waals surface area contributed by atoms with Gasteiger partial charge in [0.05, 0.1) is 5.25 Å². The highest BCUT2D eigenvalue weighted by Gasteiger charge is 2.19. The van der Waals surface area contributed by atoms with Crippen molar-refractivity contribution in [2.45, 2.75) is 23.1 Å². The maximum absolute atomic E-state index is 6.14. The molecule has 0 bridgehead atoms. The average Bonchev–Trinajstić information content (AvgIpc) is 2.38. The molecule has 0 fully saturated rings. The van der Waals surface area contributed by atoms with Gasteiger partial charge >= 0.3 is 0 Å². The predicted octanol–water partition coefficient (Wildman–Crippen LogP) is 4.63. The van der Waals surface area contributed by atoms with Crippen molar-refractivity contribution >= 4 is 27.7 Å². The van der Waals surface area contributed by atoms with Crippen molar-refractivity contribution in [3.8, 4) is 0 Å². The lowest BCUT2D eigenvalue weighted by atomic mass is 10.1. The summed E-state index contributed by atoms with van der Waals surface area (Å²) >= 11 is 5.42. The summed E-state index contributed by atoms with van der Waals surface area (Å²) in [7, 11) is 0. The van der Waals surface area contributed by atoms with Crippen molar-refractivity contribution < 1.29 is 0 Å². The van der Waals surface area contributed by atoms with Crippen LogP contribution in [0.15, 0.2) is 64.0 Å². The summed E-state index contributed by atoms with van der Waals surface area (Å²) < 4.78 is 1.12. The van der Waals surface area contributed by atoms with Gasteiger partial charge in [0.15, 0.2) is 0 Å². The van der Waals surface area contributed by atoms with E-state index in [-0.39, 0.29) is 11.3 Å². The molecule has 0 radical (unpaired) electrons. The van der Waals surface area contributed by atoms with Crippen molar-refractivity contribution in [3.63, 3.8) is 0 Å². The van der Waals surface area contributed by atoms with E-state index in [1.165, 1.54) is 10.5 Å². The molecule has 3 heteroatoms. The van der Waals surface area contributed by atoms with Gasteiger partial charge in [-0.3, -0.25) is 0 Å². The first-order chi connectivity index (χ1) is 8.68. The summed E-state index contributed by atoms with van der Waals surface area (Å²) in [6.45, 7) is 2.06. The Morgan fingerprint density at radius 1 is 1.00 bits per heavy atom. The summed E-state index contributed by atoms with van der Waals surface area (Å²) in [5.74, 6) is 0. The Morgan fingerprint density at radius 2 is 1.61 bits per heavy atom. The Hall–Kier alpha value is -0.770. The maximum atomic E-state index is 6.14. The van der Waals surface area contributed by atoms with E-state index in [1.807, 2.05) is 23.9 Å². The molecule has 0 spiro atoms. The Morgan fingerprint density at radius 3 is 2.22 bits per heavy atom. The van der Waals surface area contributed by atoms with Crippen LogP contribution in [0.25, 0.3) is 0 Å². The Balaban J connectivity index is 2.27. The zero-order valence-electron chi connectivity index (χ0n) is 10.2. The molecule has 1 nitrogen and oxygen atoms in total. The molecule has 2 atom stereocenters. The van der Waals surface area contributed by atoms with Crippen LogP contribution in [0.2, 0.25) is 0 Å². The number of hydrogen-bond acceptors (Lipinski definition) is 2. The van der Waals surface area contributed by atoms with E-state index in [0.29, 0.717) is 0 Å². The highest BCUT2D eigenvalue weighted by Crippen LogP contribution is 2.39. The summed E-state index contributed by atoms with van der Waals surface area (Å²) in [5, 5.41) is 0.253. The van der Waals surface area contributed by atoms with Crippen molar-refractivity contribution in [3.05, 3.63) is 64.6 Å². The third-order valence-corrected chi connectivity index (χ3v) is 4.90. The predicted molar refractivity (Wildman–Crippen MR) is 82.8 cm³/mol. The van der Waals surface area contributed by atoms with E-state index in [2.05, 4.69) is 65.3 Å². The van der Waals surface area contributed by atoms with Crippen LogP contribution in [0.5, 0.6) is 0 Å². The SMILES string of the molecule is CC(N)C(Sc1ccccc1)c1ccccc1Br. The van der Waals surface area contributed by atoms with E-state index in [9.17, 15) is 0 Å². The molecule has 0 amide bonds. The largest absolute Gasteiger partial charge is 0.327 e. The van der Waals surface area contributed by atoms with Crippen LogP contribution in [0.3, 0.4) is 0 Å². The van der Waals surface area contributed by atoms with Crippen LogP contribution in [-0.4, -0.2) is 6.04 Å². The zero-order chi connectivity index (χ0) is 13.0. The fourth-order valence-corrected chi connectivity index (χ4v) is 3.64. The van der Waals surface area contributed by atoms with E-state index < -0.39 is 0 Å². The van der Waals surface area contributed by atoms with Crippen LogP contribution in [-0.2, 0) is 0 Å². The lowest BCUT2D eigenvalue weighted by molar-refractivity contribution is 0.719. The molecule has 2 N–H and O–H groups in total. The molecule has 0 aliphatic heterocycles. The van der Waals surface area contributed by atoms with E-state index in [0.717, 1.165) is 4.47 Å². The topological polar surface area (TPSA) is 26.0 Å². The molecule has 2 rings (SSSR count). The molecule has 2 aromatic carbocycles. The molecule has 0 saturated heterocycles. The molecule has 2 unspecified atom stereocenters. The number of nitrogens with two attached hydrogens (primary N) is 1. The van der Waals surface area contributed by atoms with Crippen LogP contribution in [0.4, 0.5) is 0 Å². The Labute approximate surface area is 121 Å². The van der Waals surface area contributed by atoms with Gasteiger partial charge in [0.1, 0.15) is 0 Å². The number of benzene rings is 2. The molecule has 0 aliphatic rings. The van der Waals surface area contributed by atoms with Gasteiger partial charge in [-0.25, -0.2) is 0 Å². The second kappa shape index (κ2) is 6.41. The van der Waals surface area contributed by atoms with E-state index >= 15 is 0 Å². The average molecular weight is 322 g/mol. The third kappa shape index (κ3) is 3.37. The monoisotopic (exact) mass is 321 g/mol. The lowest BCUT2D eigenvalue weighted by Crippen LogP contribution is -2.22. The third-order valence-electron chi connectivity index (χ3n) is 2.70. The molecular weight excluding hydrogens is 306 g/mol. The van der Waals surface area contributed by atoms with Gasteiger partial charge in [-0.15, -0.1) is 11.8 Å². The molecule has 0 heterocycles. The van der Waals surface area contributed by atoms with Crippen molar-refractivity contribution in [1.29, 1.82) is 0 Å². The molecule has 18 heavy (non-hydrogen) atoms. The smallest absolute Gasteiger partial charge is 0.0503 e. The fraction of sp³-hybridized carbons (Fsp3) is 0.200. The first-order valence-corrected chi connectivity index (χ1v) is 7.57. The van der Waals surface area contributed by atoms with Crippen molar-refractivity contribution in [1.82, 2.24) is 0 Å². The van der Waals surface area contributed by atoms with Gasteiger partial charge in [-0.1, -0.05) is 52.3 Å². The van der Waals surface area contributed by atoms with Crippen molar-refractivity contribution in [2.24, 2.45) is 5.73 Å². The standard InChI is InChI=1S/C15H16BrNS/c1-11(17)15(13-9-5-6-10-14(13)16)18-12-7-3-2-4-8-12/h2-11,15H,17H2,1H3. The van der Waals surface area contributed by atoms with Crippen LogP contribution >= 0.6 is 27.7 Å². The number of thioether (sulfide) groups is 1. The molecular formula is C15H16BrNS. The Bertz CT molecular complexity index is 499. The summed E-state index contributed by atoms with van der Waals surface area (Å²) in [6, 6.07) is 18.8.